The van der Waals surface area contributed by atoms with Crippen LogP contribution in [0.2, 0.25) is 0 Å². The topological polar surface area (TPSA) is 133 Å². The van der Waals surface area contributed by atoms with Crippen LogP contribution in [0, 0.1) is 0 Å². The van der Waals surface area contributed by atoms with Crippen molar-refractivity contribution >= 4 is 12.1 Å². The zero-order valence-electron chi connectivity index (χ0n) is 29.9. The summed E-state index contributed by atoms with van der Waals surface area (Å²) in [5, 5.41) is 2.95. The molecule has 1 heterocycles. The van der Waals surface area contributed by atoms with E-state index in [1.54, 1.807) is 12.4 Å². The monoisotopic (exact) mass is 696 g/mol. The standard InChI is InChI=1S/C38H52N2O10/c1-37(2,3)50-36(42)40-38(4,5)32-13-14-33(31-12-9-15-39-27-31)34(26-32)48-25-24-46-21-20-44-17-16-43-18-19-45-22-23-47-29-35(41)49-28-30-10-7-6-8-11-30/h6-15,26-27H,16-25,28-29H2,1-5H3,(H,40,42). The highest BCUT2D eigenvalue weighted by Crippen LogP contribution is 2.34. The second-order valence-electron chi connectivity index (χ2n) is 12.7. The van der Waals surface area contributed by atoms with Crippen molar-refractivity contribution in [1.82, 2.24) is 10.3 Å². The molecular weight excluding hydrogens is 644 g/mol. The molecule has 12 heteroatoms. The number of esters is 1. The molecule has 3 rings (SSSR count). The molecule has 1 aromatic heterocycles. The third-order valence-electron chi connectivity index (χ3n) is 6.93. The Morgan fingerprint density at radius 3 is 1.88 bits per heavy atom. The van der Waals surface area contributed by atoms with E-state index >= 15 is 0 Å². The zero-order valence-corrected chi connectivity index (χ0v) is 29.9. The summed E-state index contributed by atoms with van der Waals surface area (Å²) in [6, 6.07) is 19.2. The molecular formula is C38H52N2O10. The van der Waals surface area contributed by atoms with Gasteiger partial charge in [-0.15, -0.1) is 0 Å². The Labute approximate surface area is 295 Å². The summed E-state index contributed by atoms with van der Waals surface area (Å²) in [4.78, 5) is 28.5. The van der Waals surface area contributed by atoms with Gasteiger partial charge in [0.25, 0.3) is 0 Å². The third kappa shape index (κ3) is 16.6. The van der Waals surface area contributed by atoms with Crippen molar-refractivity contribution in [1.29, 1.82) is 0 Å². The average Bonchev–Trinajstić information content (AvgIpc) is 3.08. The number of pyridine rings is 1. The first-order chi connectivity index (χ1) is 24.0. The third-order valence-corrected chi connectivity index (χ3v) is 6.93. The molecule has 274 valence electrons. The molecule has 0 saturated carbocycles. The minimum atomic E-state index is -0.713. The smallest absolute Gasteiger partial charge is 0.408 e. The highest BCUT2D eigenvalue weighted by molar-refractivity contribution is 5.72. The lowest BCUT2D eigenvalue weighted by molar-refractivity contribution is -0.150. The van der Waals surface area contributed by atoms with E-state index in [-0.39, 0.29) is 19.8 Å². The molecule has 3 aromatic rings. The summed E-state index contributed by atoms with van der Waals surface area (Å²) in [6.07, 6.45) is 3.01. The first-order valence-electron chi connectivity index (χ1n) is 16.8. The maximum atomic E-state index is 12.5. The number of benzene rings is 2. The van der Waals surface area contributed by atoms with E-state index in [9.17, 15) is 9.59 Å². The normalized spacial score (nSPS) is 11.6. The molecule has 50 heavy (non-hydrogen) atoms. The molecule has 0 aliphatic rings. The lowest BCUT2D eigenvalue weighted by Crippen LogP contribution is -2.43. The van der Waals surface area contributed by atoms with E-state index in [0.29, 0.717) is 65.2 Å². The highest BCUT2D eigenvalue weighted by atomic mass is 16.6. The minimum Gasteiger partial charge on any atom is -0.491 e. The van der Waals surface area contributed by atoms with Gasteiger partial charge in [-0.2, -0.15) is 0 Å². The van der Waals surface area contributed by atoms with Crippen LogP contribution in [0.4, 0.5) is 4.79 Å². The number of hydrogen-bond donors (Lipinski definition) is 1. The SMILES string of the molecule is CC(C)(C)OC(=O)NC(C)(C)c1ccc(-c2cccnc2)c(OCCOCCOCCOCCOCCOCC(=O)OCc2ccccc2)c1. The van der Waals surface area contributed by atoms with Crippen LogP contribution < -0.4 is 10.1 Å². The van der Waals surface area contributed by atoms with Gasteiger partial charge in [-0.3, -0.25) is 4.98 Å². The van der Waals surface area contributed by atoms with Crippen LogP contribution in [0.25, 0.3) is 11.1 Å². The lowest BCUT2D eigenvalue weighted by atomic mass is 9.92. The Hall–Kier alpha value is -4.07. The molecule has 0 spiro atoms. The number of amides is 1. The van der Waals surface area contributed by atoms with E-state index in [4.69, 9.17) is 37.9 Å². The van der Waals surface area contributed by atoms with Crippen molar-refractivity contribution in [2.75, 3.05) is 72.7 Å². The van der Waals surface area contributed by atoms with Gasteiger partial charge in [0.15, 0.2) is 0 Å². The molecule has 0 atom stereocenters. The summed E-state index contributed by atoms with van der Waals surface area (Å²) in [5.74, 6) is 0.242. The summed E-state index contributed by atoms with van der Waals surface area (Å²) in [5.41, 5.74) is 2.27. The number of carbonyl (C=O) groups excluding carboxylic acids is 2. The fourth-order valence-corrected chi connectivity index (χ4v) is 4.45. The van der Waals surface area contributed by atoms with Crippen molar-refractivity contribution in [3.8, 4) is 16.9 Å². The van der Waals surface area contributed by atoms with Gasteiger partial charge in [0.2, 0.25) is 0 Å². The molecule has 1 amide bonds. The summed E-state index contributed by atoms with van der Waals surface area (Å²) < 4.78 is 44.3. The number of ether oxygens (including phenoxy) is 8. The molecule has 0 saturated heterocycles. The minimum absolute atomic E-state index is 0.114. The quantitative estimate of drug-likeness (QED) is 0.0965. The molecule has 0 unspecified atom stereocenters. The number of nitrogens with zero attached hydrogens (tertiary/aromatic N) is 1. The maximum absolute atomic E-state index is 12.5. The molecule has 12 nitrogen and oxygen atoms in total. The van der Waals surface area contributed by atoms with Crippen LogP contribution in [0.1, 0.15) is 45.7 Å². The molecule has 0 bridgehead atoms. The van der Waals surface area contributed by atoms with Gasteiger partial charge in [-0.1, -0.05) is 48.5 Å². The van der Waals surface area contributed by atoms with Gasteiger partial charge >= 0.3 is 12.1 Å². The zero-order chi connectivity index (χ0) is 36.1. The van der Waals surface area contributed by atoms with Gasteiger partial charge in [-0.25, -0.2) is 9.59 Å². The first-order valence-corrected chi connectivity index (χ1v) is 16.8. The first kappa shape index (κ1) is 40.4. The Kier molecular flexibility index (Phi) is 17.7. The number of alkyl carbamates (subject to hydrolysis) is 1. The van der Waals surface area contributed by atoms with Gasteiger partial charge in [-0.05, 0) is 57.9 Å². The molecule has 0 radical (unpaired) electrons. The Morgan fingerprint density at radius 1 is 0.700 bits per heavy atom. The second kappa shape index (κ2) is 21.9. The van der Waals surface area contributed by atoms with Crippen LogP contribution in [0.5, 0.6) is 5.75 Å². The number of nitrogens with one attached hydrogen (secondary N) is 1. The Balaban J connectivity index is 1.23. The van der Waals surface area contributed by atoms with Gasteiger partial charge in [0, 0.05) is 23.5 Å². The van der Waals surface area contributed by atoms with Crippen molar-refractivity contribution in [3.63, 3.8) is 0 Å². The molecule has 1 N–H and O–H groups in total. The van der Waals surface area contributed by atoms with Crippen LogP contribution >= 0.6 is 0 Å². The predicted molar refractivity (Wildman–Crippen MR) is 188 cm³/mol. The van der Waals surface area contributed by atoms with Crippen molar-refractivity contribution in [3.05, 3.63) is 84.2 Å². The molecule has 0 aliphatic heterocycles. The van der Waals surface area contributed by atoms with Crippen LogP contribution in [-0.2, 0) is 50.1 Å². The van der Waals surface area contributed by atoms with Gasteiger partial charge < -0.3 is 43.2 Å². The second-order valence-corrected chi connectivity index (χ2v) is 12.7. The predicted octanol–water partition coefficient (Wildman–Crippen LogP) is 5.71. The number of aromatic nitrogens is 1. The summed E-state index contributed by atoms with van der Waals surface area (Å²) in [6.45, 7) is 13.3. The number of hydrogen-bond acceptors (Lipinski definition) is 11. The fraction of sp³-hybridized carbons (Fsp3) is 0.500. The largest absolute Gasteiger partial charge is 0.491 e. The fourth-order valence-electron chi connectivity index (χ4n) is 4.45. The maximum Gasteiger partial charge on any atom is 0.408 e. The van der Waals surface area contributed by atoms with Crippen LogP contribution in [-0.4, -0.2) is 95.3 Å². The van der Waals surface area contributed by atoms with E-state index in [1.165, 1.54) is 0 Å². The molecule has 0 fully saturated rings. The highest BCUT2D eigenvalue weighted by Gasteiger charge is 2.27. The number of carbonyl (C=O) groups is 2. The van der Waals surface area contributed by atoms with Crippen molar-refractivity contribution in [2.45, 2.75) is 52.4 Å². The Morgan fingerprint density at radius 2 is 1.30 bits per heavy atom. The van der Waals surface area contributed by atoms with E-state index in [1.807, 2.05) is 95.3 Å². The lowest BCUT2D eigenvalue weighted by Gasteiger charge is -2.29. The summed E-state index contributed by atoms with van der Waals surface area (Å²) in [7, 11) is 0. The van der Waals surface area contributed by atoms with E-state index in [2.05, 4.69) is 10.3 Å². The molecule has 0 aliphatic carbocycles. The Bertz CT molecular complexity index is 1400. The van der Waals surface area contributed by atoms with Crippen molar-refractivity contribution < 1.29 is 47.5 Å². The molecule has 2 aromatic carbocycles. The van der Waals surface area contributed by atoms with Gasteiger partial charge in [0.05, 0.1) is 65.0 Å². The average molecular weight is 697 g/mol. The van der Waals surface area contributed by atoms with E-state index < -0.39 is 23.2 Å². The number of rotatable bonds is 23. The summed E-state index contributed by atoms with van der Waals surface area (Å²) >= 11 is 0. The van der Waals surface area contributed by atoms with Gasteiger partial charge in [0.1, 0.15) is 31.2 Å². The van der Waals surface area contributed by atoms with Crippen molar-refractivity contribution in [2.24, 2.45) is 0 Å². The van der Waals surface area contributed by atoms with E-state index in [0.717, 1.165) is 22.3 Å². The van der Waals surface area contributed by atoms with Crippen LogP contribution in [0.3, 0.4) is 0 Å². The van der Waals surface area contributed by atoms with Crippen LogP contribution in [0.15, 0.2) is 73.1 Å².